The first-order valence-corrected chi connectivity index (χ1v) is 8.63. The number of fused-ring (bicyclic) bond motifs is 1. The van der Waals surface area contributed by atoms with E-state index in [0.717, 1.165) is 49.5 Å². The molecule has 0 N–H and O–H groups in total. The molecule has 1 heterocycles. The highest BCUT2D eigenvalue weighted by Gasteiger charge is 2.16. The van der Waals surface area contributed by atoms with Crippen LogP contribution in [0.2, 0.25) is 0 Å². The quantitative estimate of drug-likeness (QED) is 0.694. The third-order valence-electron chi connectivity index (χ3n) is 4.21. The number of para-hydroxylation sites is 2. The maximum atomic E-state index is 10.5. The van der Waals surface area contributed by atoms with E-state index in [1.54, 1.807) is 0 Å². The predicted molar refractivity (Wildman–Crippen MR) is 94.6 cm³/mol. The Morgan fingerprint density at radius 2 is 2.00 bits per heavy atom. The fourth-order valence-corrected chi connectivity index (χ4v) is 2.95. The number of nitrogens with zero attached hydrogens (tertiary/aromatic N) is 1. The largest absolute Gasteiger partial charge is 0.492 e. The molecule has 1 aliphatic rings. The van der Waals surface area contributed by atoms with Crippen LogP contribution in [-0.2, 0) is 11.5 Å². The first kappa shape index (κ1) is 16.7. The van der Waals surface area contributed by atoms with Gasteiger partial charge in [-0.1, -0.05) is 24.3 Å². The van der Waals surface area contributed by atoms with Crippen LogP contribution in [0.15, 0.2) is 48.5 Å². The molecule has 0 saturated carbocycles. The average Bonchev–Trinajstić information content (AvgIpc) is 2.63. The van der Waals surface area contributed by atoms with Gasteiger partial charge in [-0.05, 0) is 49.1 Å². The Morgan fingerprint density at radius 1 is 1.08 bits per heavy atom. The molecule has 4 nitrogen and oxygen atoms in total. The minimum absolute atomic E-state index is 0.0111. The Kier molecular flexibility index (Phi) is 5.96. The van der Waals surface area contributed by atoms with Crippen molar-refractivity contribution in [2.24, 2.45) is 0 Å². The third-order valence-corrected chi connectivity index (χ3v) is 4.21. The molecular formula is C20H24NO3. The van der Waals surface area contributed by atoms with Crippen LogP contribution < -0.4 is 14.4 Å². The molecule has 24 heavy (non-hydrogen) atoms. The molecule has 0 unspecified atom stereocenters. The second-order valence-corrected chi connectivity index (χ2v) is 5.96. The van der Waals surface area contributed by atoms with Gasteiger partial charge in [0.25, 0.3) is 0 Å². The summed E-state index contributed by atoms with van der Waals surface area (Å²) in [5, 5.41) is 10.5. The lowest BCUT2D eigenvalue weighted by Crippen LogP contribution is -2.35. The van der Waals surface area contributed by atoms with E-state index in [0.29, 0.717) is 13.2 Å². The van der Waals surface area contributed by atoms with Crippen molar-refractivity contribution < 1.29 is 14.6 Å². The summed E-state index contributed by atoms with van der Waals surface area (Å²) in [5.41, 5.74) is 2.37. The van der Waals surface area contributed by atoms with Gasteiger partial charge in [0.05, 0.1) is 25.4 Å². The number of hydrogen-bond acceptors (Lipinski definition) is 3. The zero-order valence-electron chi connectivity index (χ0n) is 13.9. The van der Waals surface area contributed by atoms with Gasteiger partial charge in [-0.2, -0.15) is 0 Å². The van der Waals surface area contributed by atoms with Crippen LogP contribution in [-0.4, -0.2) is 32.9 Å². The van der Waals surface area contributed by atoms with E-state index in [4.69, 9.17) is 9.47 Å². The molecule has 0 aromatic heterocycles. The van der Waals surface area contributed by atoms with E-state index in [-0.39, 0.29) is 6.61 Å². The summed E-state index contributed by atoms with van der Waals surface area (Å²) in [6.45, 7) is 3.08. The van der Waals surface area contributed by atoms with Gasteiger partial charge < -0.3 is 14.4 Å². The monoisotopic (exact) mass is 326 g/mol. The Bertz CT molecular complexity index is 644. The third kappa shape index (κ3) is 4.42. The number of benzene rings is 2. The summed E-state index contributed by atoms with van der Waals surface area (Å²) < 4.78 is 11.6. The van der Waals surface area contributed by atoms with Crippen LogP contribution in [0.3, 0.4) is 0 Å². The topological polar surface area (TPSA) is 41.6 Å². The lowest BCUT2D eigenvalue weighted by molar-refractivity contribution is 0.187. The van der Waals surface area contributed by atoms with E-state index in [1.165, 1.54) is 5.56 Å². The Hall–Kier alpha value is -2.20. The van der Waals surface area contributed by atoms with Crippen molar-refractivity contribution in [3.05, 3.63) is 54.1 Å². The molecule has 0 amide bonds. The van der Waals surface area contributed by atoms with E-state index in [1.807, 2.05) is 30.3 Å². The van der Waals surface area contributed by atoms with Crippen molar-refractivity contribution >= 4 is 5.69 Å². The van der Waals surface area contributed by atoms with E-state index >= 15 is 0 Å². The van der Waals surface area contributed by atoms with Gasteiger partial charge in [0.2, 0.25) is 0 Å². The van der Waals surface area contributed by atoms with Crippen molar-refractivity contribution in [2.75, 3.05) is 37.8 Å². The maximum absolute atomic E-state index is 10.5. The normalized spacial score (nSPS) is 13.3. The molecule has 0 aliphatic carbocycles. The smallest absolute Gasteiger partial charge is 0.142 e. The van der Waals surface area contributed by atoms with Gasteiger partial charge in [0.15, 0.2) is 0 Å². The molecule has 2 aromatic rings. The minimum atomic E-state index is 0.0111. The van der Waals surface area contributed by atoms with Crippen LogP contribution in [0, 0.1) is 0 Å². The minimum Gasteiger partial charge on any atom is -0.492 e. The number of hydrogen-bond donors (Lipinski definition) is 0. The molecule has 0 bridgehead atoms. The summed E-state index contributed by atoms with van der Waals surface area (Å²) in [7, 11) is 0. The highest BCUT2D eigenvalue weighted by Crippen LogP contribution is 2.30. The number of rotatable bonds is 8. The zero-order valence-corrected chi connectivity index (χ0v) is 13.9. The van der Waals surface area contributed by atoms with Crippen molar-refractivity contribution in [1.82, 2.24) is 0 Å². The van der Waals surface area contributed by atoms with Crippen molar-refractivity contribution in [2.45, 2.75) is 19.3 Å². The van der Waals surface area contributed by atoms with Gasteiger partial charge >= 0.3 is 0 Å². The van der Waals surface area contributed by atoms with Crippen LogP contribution in [0.4, 0.5) is 5.69 Å². The molecule has 0 atom stereocenters. The SMILES string of the molecule is [O]CCCCc1cccc(OCCN2CCOc3ccccc32)c1. The number of unbranched alkanes of at least 4 members (excludes halogenated alkanes) is 1. The Labute approximate surface area is 143 Å². The van der Waals surface area contributed by atoms with Gasteiger partial charge in [-0.25, -0.2) is 5.11 Å². The number of ether oxygens (including phenoxy) is 2. The molecule has 2 aromatic carbocycles. The van der Waals surface area contributed by atoms with Crippen LogP contribution in [0.1, 0.15) is 18.4 Å². The van der Waals surface area contributed by atoms with Gasteiger partial charge in [-0.3, -0.25) is 0 Å². The molecular weight excluding hydrogens is 302 g/mol. The van der Waals surface area contributed by atoms with E-state index < -0.39 is 0 Å². The molecule has 0 fully saturated rings. The first-order chi connectivity index (χ1) is 11.9. The van der Waals surface area contributed by atoms with Crippen molar-refractivity contribution in [3.8, 4) is 11.5 Å². The maximum Gasteiger partial charge on any atom is 0.142 e. The zero-order chi connectivity index (χ0) is 16.6. The first-order valence-electron chi connectivity index (χ1n) is 8.63. The van der Waals surface area contributed by atoms with Gasteiger partial charge in [-0.15, -0.1) is 0 Å². The predicted octanol–water partition coefficient (Wildman–Crippen LogP) is 3.72. The molecule has 4 heteroatoms. The van der Waals surface area contributed by atoms with Gasteiger partial charge in [0.1, 0.15) is 24.7 Å². The van der Waals surface area contributed by atoms with Crippen molar-refractivity contribution in [1.29, 1.82) is 0 Å². The highest BCUT2D eigenvalue weighted by molar-refractivity contribution is 5.59. The van der Waals surface area contributed by atoms with E-state index in [9.17, 15) is 5.11 Å². The fourth-order valence-electron chi connectivity index (χ4n) is 2.95. The second-order valence-electron chi connectivity index (χ2n) is 5.96. The Balaban J connectivity index is 1.51. The summed E-state index contributed by atoms with van der Waals surface area (Å²) >= 11 is 0. The van der Waals surface area contributed by atoms with Crippen molar-refractivity contribution in [3.63, 3.8) is 0 Å². The summed E-state index contributed by atoms with van der Waals surface area (Å²) in [6, 6.07) is 16.3. The van der Waals surface area contributed by atoms with Gasteiger partial charge in [0, 0.05) is 0 Å². The second kappa shape index (κ2) is 8.60. The number of aryl methyl sites for hydroxylation is 1. The fraction of sp³-hybridized carbons (Fsp3) is 0.400. The standard InChI is InChI=1S/C20H24NO3/c22-13-4-3-6-17-7-5-8-18(16-17)23-14-11-21-12-15-24-20-10-2-1-9-19(20)21/h1-2,5,7-10,16H,3-4,6,11-15H2. The number of anilines is 1. The highest BCUT2D eigenvalue weighted by atomic mass is 16.5. The lowest BCUT2D eigenvalue weighted by atomic mass is 10.1. The molecule has 1 aliphatic heterocycles. The van der Waals surface area contributed by atoms with Crippen LogP contribution in [0.25, 0.3) is 0 Å². The Morgan fingerprint density at radius 3 is 2.92 bits per heavy atom. The molecule has 127 valence electrons. The van der Waals surface area contributed by atoms with E-state index in [2.05, 4.69) is 23.1 Å². The summed E-state index contributed by atoms with van der Waals surface area (Å²) in [5.74, 6) is 1.85. The molecule has 0 spiro atoms. The molecule has 1 radical (unpaired) electrons. The van der Waals surface area contributed by atoms with Crippen LogP contribution >= 0.6 is 0 Å². The molecule has 0 saturated heterocycles. The van der Waals surface area contributed by atoms with Crippen LogP contribution in [0.5, 0.6) is 11.5 Å². The average molecular weight is 326 g/mol. The lowest BCUT2D eigenvalue weighted by Gasteiger charge is -2.31. The summed E-state index contributed by atoms with van der Waals surface area (Å²) in [4.78, 5) is 2.30. The summed E-state index contributed by atoms with van der Waals surface area (Å²) in [6.07, 6.45) is 2.62. The molecule has 3 rings (SSSR count).